The Kier molecular flexibility index (Phi) is 6.44. The van der Waals surface area contributed by atoms with Crippen molar-refractivity contribution in [2.45, 2.75) is 31.3 Å². The molecule has 3 rings (SSSR count). The minimum atomic E-state index is 0. The van der Waals surface area contributed by atoms with Gasteiger partial charge in [0.15, 0.2) is 0 Å². The van der Waals surface area contributed by atoms with Gasteiger partial charge in [0, 0.05) is 18.6 Å². The smallest absolute Gasteiger partial charge is 0.0558 e. The van der Waals surface area contributed by atoms with Crippen molar-refractivity contribution in [1.82, 2.24) is 4.90 Å². The Morgan fingerprint density at radius 1 is 0.818 bits per heavy atom. The Labute approximate surface area is 139 Å². The molecule has 118 valence electrons. The van der Waals surface area contributed by atoms with Crippen LogP contribution in [0.4, 0.5) is 0 Å². The minimum Gasteiger partial charge on any atom is -0.395 e. The monoisotopic (exact) mass is 317 g/mol. The average Bonchev–Trinajstić information content (AvgIpc) is 2.57. The summed E-state index contributed by atoms with van der Waals surface area (Å²) in [6.07, 6.45) is 3.59. The Morgan fingerprint density at radius 2 is 1.27 bits per heavy atom. The number of hydrogen-bond acceptors (Lipinski definition) is 2. The first-order valence-electron chi connectivity index (χ1n) is 7.86. The van der Waals surface area contributed by atoms with Gasteiger partial charge in [-0.1, -0.05) is 60.7 Å². The number of halogens is 1. The molecule has 2 unspecified atom stereocenters. The van der Waals surface area contributed by atoms with E-state index >= 15 is 0 Å². The quantitative estimate of drug-likeness (QED) is 0.905. The molecule has 1 aliphatic heterocycles. The van der Waals surface area contributed by atoms with E-state index in [1.807, 2.05) is 0 Å². The van der Waals surface area contributed by atoms with E-state index in [-0.39, 0.29) is 19.0 Å². The standard InChI is InChI=1S/C19H23NO.ClH/c21-15-14-20-18(16-8-3-1-4-9-16)12-7-13-19(20)17-10-5-2-6-11-17;/h1-6,8-11,18-19,21H,7,12-15H2;1H. The lowest BCUT2D eigenvalue weighted by atomic mass is 9.87. The molecule has 0 aromatic heterocycles. The predicted octanol–water partition coefficient (Wildman–Crippen LogP) is 4.37. The van der Waals surface area contributed by atoms with Crippen molar-refractivity contribution in [3.8, 4) is 0 Å². The fraction of sp³-hybridized carbons (Fsp3) is 0.368. The predicted molar refractivity (Wildman–Crippen MR) is 93.3 cm³/mol. The molecule has 1 fully saturated rings. The second-order valence-electron chi connectivity index (χ2n) is 5.75. The van der Waals surface area contributed by atoms with Crippen molar-refractivity contribution in [2.75, 3.05) is 13.2 Å². The summed E-state index contributed by atoms with van der Waals surface area (Å²) in [5.74, 6) is 0. The summed E-state index contributed by atoms with van der Waals surface area (Å²) < 4.78 is 0. The Morgan fingerprint density at radius 3 is 1.68 bits per heavy atom. The maximum Gasteiger partial charge on any atom is 0.0558 e. The van der Waals surface area contributed by atoms with Crippen LogP contribution in [-0.2, 0) is 0 Å². The van der Waals surface area contributed by atoms with Crippen molar-refractivity contribution < 1.29 is 5.11 Å². The molecule has 0 bridgehead atoms. The zero-order chi connectivity index (χ0) is 14.5. The maximum atomic E-state index is 9.51. The van der Waals surface area contributed by atoms with Crippen LogP contribution in [0.2, 0.25) is 0 Å². The van der Waals surface area contributed by atoms with Gasteiger partial charge in [-0.25, -0.2) is 0 Å². The van der Waals surface area contributed by atoms with E-state index in [0.717, 1.165) is 6.54 Å². The Hall–Kier alpha value is -1.35. The molecule has 2 atom stereocenters. The summed E-state index contributed by atoms with van der Waals surface area (Å²) in [4.78, 5) is 2.48. The van der Waals surface area contributed by atoms with Crippen LogP contribution in [0.15, 0.2) is 60.7 Å². The van der Waals surface area contributed by atoms with Gasteiger partial charge < -0.3 is 5.11 Å². The molecule has 3 heteroatoms. The van der Waals surface area contributed by atoms with Crippen molar-refractivity contribution in [2.24, 2.45) is 0 Å². The fourth-order valence-electron chi connectivity index (χ4n) is 3.55. The van der Waals surface area contributed by atoms with E-state index in [2.05, 4.69) is 65.6 Å². The third-order valence-electron chi connectivity index (χ3n) is 4.48. The van der Waals surface area contributed by atoms with Gasteiger partial charge in [0.1, 0.15) is 0 Å². The Balaban J connectivity index is 0.00000176. The highest BCUT2D eigenvalue weighted by Gasteiger charge is 2.31. The van der Waals surface area contributed by atoms with Crippen LogP contribution in [-0.4, -0.2) is 23.2 Å². The van der Waals surface area contributed by atoms with Crippen LogP contribution in [0, 0.1) is 0 Å². The number of benzene rings is 2. The van der Waals surface area contributed by atoms with E-state index in [0.29, 0.717) is 12.1 Å². The lowest BCUT2D eigenvalue weighted by molar-refractivity contribution is 0.0616. The van der Waals surface area contributed by atoms with E-state index < -0.39 is 0 Å². The number of piperidine rings is 1. The second-order valence-corrected chi connectivity index (χ2v) is 5.75. The molecule has 0 amide bonds. The molecule has 1 aliphatic rings. The van der Waals surface area contributed by atoms with Gasteiger partial charge in [-0.2, -0.15) is 0 Å². The molecular formula is C19H24ClNO. The molecular weight excluding hydrogens is 294 g/mol. The normalized spacial score (nSPS) is 22.0. The topological polar surface area (TPSA) is 23.5 Å². The van der Waals surface area contributed by atoms with Crippen molar-refractivity contribution in [3.63, 3.8) is 0 Å². The minimum absolute atomic E-state index is 0. The van der Waals surface area contributed by atoms with E-state index in [4.69, 9.17) is 0 Å². The van der Waals surface area contributed by atoms with E-state index in [1.54, 1.807) is 0 Å². The highest BCUT2D eigenvalue weighted by Crippen LogP contribution is 2.41. The summed E-state index contributed by atoms with van der Waals surface area (Å²) >= 11 is 0. The summed E-state index contributed by atoms with van der Waals surface area (Å²) in [5.41, 5.74) is 2.73. The molecule has 0 saturated carbocycles. The first kappa shape index (κ1) is 17.0. The maximum absolute atomic E-state index is 9.51. The summed E-state index contributed by atoms with van der Waals surface area (Å²) in [5, 5.41) is 9.51. The SMILES string of the molecule is Cl.OCCN1C(c2ccccc2)CCCC1c1ccccc1. The van der Waals surface area contributed by atoms with Crippen molar-refractivity contribution in [1.29, 1.82) is 0 Å². The van der Waals surface area contributed by atoms with Crippen molar-refractivity contribution in [3.05, 3.63) is 71.8 Å². The molecule has 0 aliphatic carbocycles. The van der Waals surface area contributed by atoms with E-state index in [1.165, 1.54) is 30.4 Å². The lowest BCUT2D eigenvalue weighted by Crippen LogP contribution is -2.38. The van der Waals surface area contributed by atoms with Crippen LogP contribution in [0.25, 0.3) is 0 Å². The first-order valence-corrected chi connectivity index (χ1v) is 7.86. The molecule has 2 aromatic carbocycles. The number of rotatable bonds is 4. The fourth-order valence-corrected chi connectivity index (χ4v) is 3.55. The van der Waals surface area contributed by atoms with Gasteiger partial charge in [0.05, 0.1) is 6.61 Å². The lowest BCUT2D eigenvalue weighted by Gasteiger charge is -2.42. The highest BCUT2D eigenvalue weighted by atomic mass is 35.5. The number of hydrogen-bond donors (Lipinski definition) is 1. The van der Waals surface area contributed by atoms with Crippen LogP contribution in [0.3, 0.4) is 0 Å². The van der Waals surface area contributed by atoms with Crippen molar-refractivity contribution >= 4 is 12.4 Å². The Bertz CT molecular complexity index is 498. The van der Waals surface area contributed by atoms with E-state index in [9.17, 15) is 5.11 Å². The van der Waals surface area contributed by atoms with Crippen LogP contribution >= 0.6 is 12.4 Å². The summed E-state index contributed by atoms with van der Waals surface area (Å²) in [6, 6.07) is 22.2. The van der Waals surface area contributed by atoms with Gasteiger partial charge in [0.2, 0.25) is 0 Å². The molecule has 1 N–H and O–H groups in total. The van der Waals surface area contributed by atoms with Gasteiger partial charge >= 0.3 is 0 Å². The molecule has 2 nitrogen and oxygen atoms in total. The largest absolute Gasteiger partial charge is 0.395 e. The number of nitrogens with zero attached hydrogens (tertiary/aromatic N) is 1. The van der Waals surface area contributed by atoms with Gasteiger partial charge in [-0.05, 0) is 30.4 Å². The number of aliphatic hydroxyl groups is 1. The first-order chi connectivity index (χ1) is 10.4. The molecule has 0 radical (unpaired) electrons. The molecule has 22 heavy (non-hydrogen) atoms. The van der Waals surface area contributed by atoms with Crippen LogP contribution in [0.1, 0.15) is 42.5 Å². The second kappa shape index (κ2) is 8.33. The number of β-amino-alcohol motifs (C(OH)–C–C–N with tert-alkyl or cyclic N) is 1. The molecule has 2 aromatic rings. The molecule has 1 heterocycles. The average molecular weight is 318 g/mol. The number of aliphatic hydroxyl groups excluding tert-OH is 1. The summed E-state index contributed by atoms with van der Waals surface area (Å²) in [6.45, 7) is 0.950. The van der Waals surface area contributed by atoms with Crippen LogP contribution in [0.5, 0.6) is 0 Å². The zero-order valence-corrected chi connectivity index (χ0v) is 13.6. The van der Waals surface area contributed by atoms with Gasteiger partial charge in [-0.15, -0.1) is 12.4 Å². The third-order valence-corrected chi connectivity index (χ3v) is 4.48. The van der Waals surface area contributed by atoms with Gasteiger partial charge in [-0.3, -0.25) is 4.90 Å². The third kappa shape index (κ3) is 3.70. The zero-order valence-electron chi connectivity index (χ0n) is 12.8. The summed E-state index contributed by atoms with van der Waals surface area (Å²) in [7, 11) is 0. The number of likely N-dealkylation sites (tertiary alicyclic amines) is 1. The molecule has 0 spiro atoms. The molecule has 1 saturated heterocycles. The van der Waals surface area contributed by atoms with Crippen LogP contribution < -0.4 is 0 Å². The highest BCUT2D eigenvalue weighted by molar-refractivity contribution is 5.85. The van der Waals surface area contributed by atoms with Gasteiger partial charge in [0.25, 0.3) is 0 Å².